The first-order chi connectivity index (χ1) is 29.7. The van der Waals surface area contributed by atoms with E-state index in [1.807, 2.05) is 0 Å². The first-order valence-corrected chi connectivity index (χ1v) is 21.0. The standard InChI is InChI=1S/C60H42/c1-3-15-39(4-2)57-49-20-9-11-22-51(49)58(52-23-12-10-21-50(52)57)43-30-26-42(27-31-43)46-34-35-55-56(38-46)60(48-33-29-41-17-6-8-19-45(41)37-48)54-25-14-13-24-53(54)59(55)47-32-28-40-16-5-7-18-44(40)36-47/h3-38H,1-2H3/b15-3-,39-4+. The molecule has 11 aromatic carbocycles. The Morgan fingerprint density at radius 2 is 0.683 bits per heavy atom. The van der Waals surface area contributed by atoms with Crippen LogP contribution in [0.5, 0.6) is 0 Å². The number of rotatable bonds is 6. The zero-order valence-electron chi connectivity index (χ0n) is 33.8. The van der Waals surface area contributed by atoms with Gasteiger partial charge in [0.2, 0.25) is 0 Å². The quantitative estimate of drug-likeness (QED) is 0.117. The zero-order chi connectivity index (χ0) is 40.2. The maximum Gasteiger partial charge on any atom is -0.00259 e. The van der Waals surface area contributed by atoms with Crippen LogP contribution in [0.2, 0.25) is 0 Å². The van der Waals surface area contributed by atoms with Crippen LogP contribution in [-0.2, 0) is 0 Å². The Morgan fingerprint density at radius 1 is 0.300 bits per heavy atom. The number of hydrogen-bond acceptors (Lipinski definition) is 0. The lowest BCUT2D eigenvalue weighted by atomic mass is 9.84. The van der Waals surface area contributed by atoms with Gasteiger partial charge in [-0.05, 0) is 152 Å². The largest absolute Gasteiger partial charge is 0.0871 e. The molecule has 0 nitrogen and oxygen atoms in total. The number of hydrogen-bond donors (Lipinski definition) is 0. The average Bonchev–Trinajstić information content (AvgIpc) is 3.31. The molecule has 0 amide bonds. The summed E-state index contributed by atoms with van der Waals surface area (Å²) >= 11 is 0. The summed E-state index contributed by atoms with van der Waals surface area (Å²) in [6, 6.07) is 74.3. The molecule has 0 aromatic heterocycles. The topological polar surface area (TPSA) is 0 Å². The Morgan fingerprint density at radius 3 is 1.20 bits per heavy atom. The van der Waals surface area contributed by atoms with Crippen molar-refractivity contribution in [1.82, 2.24) is 0 Å². The Kier molecular flexibility index (Phi) is 8.72. The van der Waals surface area contributed by atoms with Crippen molar-refractivity contribution in [2.24, 2.45) is 0 Å². The van der Waals surface area contributed by atoms with Crippen molar-refractivity contribution in [1.29, 1.82) is 0 Å². The van der Waals surface area contributed by atoms with E-state index in [4.69, 9.17) is 0 Å². The molecule has 0 radical (unpaired) electrons. The van der Waals surface area contributed by atoms with Crippen molar-refractivity contribution in [3.05, 3.63) is 224 Å². The van der Waals surface area contributed by atoms with Gasteiger partial charge < -0.3 is 0 Å². The van der Waals surface area contributed by atoms with E-state index in [-0.39, 0.29) is 0 Å². The van der Waals surface area contributed by atoms with E-state index in [0.29, 0.717) is 0 Å². The summed E-state index contributed by atoms with van der Waals surface area (Å²) in [5.41, 5.74) is 12.4. The molecule has 11 aromatic rings. The lowest BCUT2D eigenvalue weighted by molar-refractivity contribution is 1.62. The fourth-order valence-electron chi connectivity index (χ4n) is 9.75. The molecule has 0 unspecified atom stereocenters. The van der Waals surface area contributed by atoms with Crippen LogP contribution >= 0.6 is 0 Å². The summed E-state index contributed by atoms with van der Waals surface area (Å²) in [6.07, 6.45) is 6.59. The Labute approximate surface area is 351 Å². The number of allylic oxidation sites excluding steroid dienone is 4. The normalized spacial score (nSPS) is 12.2. The Balaban J connectivity index is 1.13. The summed E-state index contributed by atoms with van der Waals surface area (Å²) in [7, 11) is 0. The summed E-state index contributed by atoms with van der Waals surface area (Å²) in [4.78, 5) is 0. The van der Waals surface area contributed by atoms with E-state index < -0.39 is 0 Å². The molecule has 0 aliphatic heterocycles. The summed E-state index contributed by atoms with van der Waals surface area (Å²) in [5, 5.41) is 15.1. The van der Waals surface area contributed by atoms with Gasteiger partial charge >= 0.3 is 0 Å². The van der Waals surface area contributed by atoms with E-state index in [2.05, 4.69) is 232 Å². The lowest BCUT2D eigenvalue weighted by Gasteiger charge is -2.20. The fourth-order valence-corrected chi connectivity index (χ4v) is 9.75. The maximum absolute atomic E-state index is 2.44. The SMILES string of the molecule is C/C=C\C(=C/C)c1c2ccccc2c(-c2ccc(-c3ccc4c(-c5ccc6ccccc6c5)c5ccccc5c(-c5ccc6ccccc6c5)c4c3)cc2)c2ccccc12. The van der Waals surface area contributed by atoms with Crippen molar-refractivity contribution in [3.63, 3.8) is 0 Å². The molecule has 0 spiro atoms. The summed E-state index contributed by atoms with van der Waals surface area (Å²) in [5.74, 6) is 0. The van der Waals surface area contributed by atoms with Crippen molar-refractivity contribution < 1.29 is 0 Å². The van der Waals surface area contributed by atoms with Crippen LogP contribution < -0.4 is 0 Å². The van der Waals surface area contributed by atoms with Crippen LogP contribution in [-0.4, -0.2) is 0 Å². The molecule has 0 N–H and O–H groups in total. The van der Waals surface area contributed by atoms with Crippen LogP contribution in [0.1, 0.15) is 19.4 Å². The van der Waals surface area contributed by atoms with Gasteiger partial charge in [0.15, 0.2) is 0 Å². The van der Waals surface area contributed by atoms with Crippen molar-refractivity contribution in [2.75, 3.05) is 0 Å². The Hall–Kier alpha value is -7.54. The van der Waals surface area contributed by atoms with Gasteiger partial charge in [-0.15, -0.1) is 0 Å². The molecule has 0 saturated carbocycles. The van der Waals surface area contributed by atoms with Crippen molar-refractivity contribution in [2.45, 2.75) is 13.8 Å². The second-order valence-electron chi connectivity index (χ2n) is 15.8. The van der Waals surface area contributed by atoms with Crippen LogP contribution in [0.4, 0.5) is 0 Å². The van der Waals surface area contributed by atoms with E-state index in [1.54, 1.807) is 0 Å². The second-order valence-corrected chi connectivity index (χ2v) is 15.8. The molecule has 0 saturated heterocycles. The van der Waals surface area contributed by atoms with E-state index >= 15 is 0 Å². The van der Waals surface area contributed by atoms with Gasteiger partial charge in [-0.3, -0.25) is 0 Å². The minimum absolute atomic E-state index is 1.19. The highest BCUT2D eigenvalue weighted by Gasteiger charge is 2.20. The van der Waals surface area contributed by atoms with E-state index in [1.165, 1.54) is 120 Å². The fraction of sp³-hybridized carbons (Fsp3) is 0.0333. The van der Waals surface area contributed by atoms with Gasteiger partial charge in [-0.1, -0.05) is 200 Å². The first-order valence-electron chi connectivity index (χ1n) is 21.0. The lowest BCUT2D eigenvalue weighted by Crippen LogP contribution is -1.93. The zero-order valence-corrected chi connectivity index (χ0v) is 33.8. The minimum Gasteiger partial charge on any atom is -0.0871 e. The van der Waals surface area contributed by atoms with Gasteiger partial charge in [0.25, 0.3) is 0 Å². The third-order valence-corrected chi connectivity index (χ3v) is 12.5. The first kappa shape index (κ1) is 35.6. The van der Waals surface area contributed by atoms with Gasteiger partial charge in [-0.25, -0.2) is 0 Å². The molecule has 282 valence electrons. The highest BCUT2D eigenvalue weighted by molar-refractivity contribution is 6.23. The third kappa shape index (κ3) is 5.83. The highest BCUT2D eigenvalue weighted by atomic mass is 14.2. The molecule has 0 aliphatic carbocycles. The molecule has 0 aliphatic rings. The summed E-state index contributed by atoms with van der Waals surface area (Å²) < 4.78 is 0. The Bertz CT molecular complexity index is 3480. The smallest absolute Gasteiger partial charge is 0.00259 e. The van der Waals surface area contributed by atoms with Crippen molar-refractivity contribution >= 4 is 70.2 Å². The average molecular weight is 763 g/mol. The van der Waals surface area contributed by atoms with Crippen LogP contribution in [0.3, 0.4) is 0 Å². The molecule has 0 heterocycles. The van der Waals surface area contributed by atoms with E-state index in [9.17, 15) is 0 Å². The maximum atomic E-state index is 2.44. The van der Waals surface area contributed by atoms with Gasteiger partial charge in [0.05, 0.1) is 0 Å². The molecule has 0 bridgehead atoms. The number of fused-ring (bicyclic) bond motifs is 6. The number of benzene rings is 11. The van der Waals surface area contributed by atoms with Gasteiger partial charge in [0.1, 0.15) is 0 Å². The minimum atomic E-state index is 1.19. The molecule has 0 fully saturated rings. The van der Waals surface area contributed by atoms with Crippen LogP contribution in [0.25, 0.3) is 115 Å². The predicted octanol–water partition coefficient (Wildman–Crippen LogP) is 17.3. The molecular formula is C60H42. The molecule has 0 atom stereocenters. The molecule has 60 heavy (non-hydrogen) atoms. The monoisotopic (exact) mass is 762 g/mol. The molecular weight excluding hydrogens is 721 g/mol. The van der Waals surface area contributed by atoms with Crippen LogP contribution in [0, 0.1) is 0 Å². The highest BCUT2D eigenvalue weighted by Crippen LogP contribution is 2.47. The van der Waals surface area contributed by atoms with Gasteiger partial charge in [-0.2, -0.15) is 0 Å². The van der Waals surface area contributed by atoms with E-state index in [0.717, 1.165) is 0 Å². The predicted molar refractivity (Wildman–Crippen MR) is 262 cm³/mol. The second kappa shape index (κ2) is 14.7. The molecule has 0 heteroatoms. The van der Waals surface area contributed by atoms with Gasteiger partial charge in [0, 0.05) is 0 Å². The summed E-state index contributed by atoms with van der Waals surface area (Å²) in [6.45, 7) is 4.23. The molecule has 11 rings (SSSR count). The third-order valence-electron chi connectivity index (χ3n) is 12.5. The van der Waals surface area contributed by atoms with Crippen molar-refractivity contribution in [3.8, 4) is 44.5 Å². The van der Waals surface area contributed by atoms with Crippen LogP contribution in [0.15, 0.2) is 218 Å².